The maximum absolute atomic E-state index is 12.6. The highest BCUT2D eigenvalue weighted by Gasteiger charge is 2.45. The van der Waals surface area contributed by atoms with Gasteiger partial charge in [-0.3, -0.25) is 28.8 Å². The minimum absolute atomic E-state index is 0.00266. The number of ether oxygens (including phenoxy) is 15. The maximum atomic E-state index is 12.6. The monoisotopic (exact) mass is 1370 g/mol. The van der Waals surface area contributed by atoms with Crippen LogP contribution in [0.2, 0.25) is 0 Å². The van der Waals surface area contributed by atoms with Gasteiger partial charge < -0.3 is 149 Å². The van der Waals surface area contributed by atoms with Crippen LogP contribution in [0, 0.1) is 5.41 Å². The molecule has 94 heavy (non-hydrogen) atoms. The van der Waals surface area contributed by atoms with Crippen molar-refractivity contribution in [3.05, 3.63) is 0 Å². The van der Waals surface area contributed by atoms with E-state index in [1.54, 1.807) is 0 Å². The van der Waals surface area contributed by atoms with E-state index in [1.165, 1.54) is 34.6 Å². The van der Waals surface area contributed by atoms with Crippen molar-refractivity contribution in [2.45, 2.75) is 141 Å². The SMILES string of the molecule is CC(=O)NC(CO)C(OCCOCCOCCNC(=O)CCOCC(C)(COCCC(=O)NCCOCCOCCOC1OC(CO)C(O)C(O)C1NC(C)=O)COCCC(=O)NCCOCCOCCOC(OC(CO)[C@@H](C)O)[C@H](CO)NC(C)=O)OC(CO)[C@@H](C)O. The molecule has 0 radical (unpaired) electrons. The molecule has 14 atom stereocenters. The molecule has 552 valence electrons. The van der Waals surface area contributed by atoms with Gasteiger partial charge in [0, 0.05) is 65.1 Å². The highest BCUT2D eigenvalue weighted by atomic mass is 16.7. The molecule has 1 aliphatic heterocycles. The minimum atomic E-state index is -1.44. The highest BCUT2D eigenvalue weighted by molar-refractivity contribution is 5.77. The zero-order valence-electron chi connectivity index (χ0n) is 55.2. The first-order valence-corrected chi connectivity index (χ1v) is 31.4. The van der Waals surface area contributed by atoms with Crippen LogP contribution in [0.4, 0.5) is 0 Å². The summed E-state index contributed by atoms with van der Waals surface area (Å²) in [5, 5.41) is 104. The molecule has 1 fully saturated rings. The first-order valence-electron chi connectivity index (χ1n) is 31.4. The van der Waals surface area contributed by atoms with Gasteiger partial charge in [0.15, 0.2) is 18.9 Å². The third-order valence-electron chi connectivity index (χ3n) is 13.3. The van der Waals surface area contributed by atoms with Gasteiger partial charge in [0.2, 0.25) is 35.4 Å². The van der Waals surface area contributed by atoms with E-state index in [4.69, 9.17) is 71.1 Å². The van der Waals surface area contributed by atoms with Gasteiger partial charge in [0.05, 0.1) is 184 Å². The van der Waals surface area contributed by atoms with Gasteiger partial charge in [0.25, 0.3) is 0 Å². The molecule has 0 bridgehead atoms. The molecule has 1 aliphatic rings. The zero-order valence-corrected chi connectivity index (χ0v) is 55.2. The summed E-state index contributed by atoms with van der Waals surface area (Å²) in [6, 6.07) is -3.02. The van der Waals surface area contributed by atoms with Crippen LogP contribution in [0.25, 0.3) is 0 Å². The molecule has 1 rings (SSSR count). The number of rotatable bonds is 61. The number of hydrogen-bond acceptors (Lipinski definition) is 30. The van der Waals surface area contributed by atoms with E-state index in [0.717, 1.165) is 0 Å². The lowest BCUT2D eigenvalue weighted by molar-refractivity contribution is -0.272. The molecule has 0 aromatic carbocycles. The Balaban J connectivity index is 2.54. The standard InChI is InChI=1S/C58H110N6O30/c1-39(70)46(33-67)92-55(44(31-65)62-41(3)72)89-28-25-83-22-19-80-16-10-59-49(75)7-13-86-36-58(6,37-87-14-8-50(76)60-11-17-81-20-23-84-26-29-90-56(45(32-66)63-42(4)73)93-47(34-68)40(2)71)38-88-15-9-51(77)61-12-18-82-21-24-85-27-30-91-57-52(64-43(5)74)54(79)53(78)48(35-69)94-57/h39-40,44-48,52-57,65-71,78-79H,7-38H2,1-6H3,(H,59,75)(H,60,76)(H,61,77)(H,62,72)(H,63,73)(H,64,74)/t39-,40-,44+,45?,46?,47?,48?,52?,53?,54?,55?,56?,57?,58?/m1/s1. The van der Waals surface area contributed by atoms with Crippen molar-refractivity contribution in [1.29, 1.82) is 0 Å². The normalized spacial score (nSPS) is 19.8. The van der Waals surface area contributed by atoms with Crippen LogP contribution in [0.15, 0.2) is 0 Å². The summed E-state index contributed by atoms with van der Waals surface area (Å²) in [5.41, 5.74) is -0.777. The fourth-order valence-electron chi connectivity index (χ4n) is 8.26. The van der Waals surface area contributed by atoms with Crippen molar-refractivity contribution < 1.29 is 146 Å². The number of carbonyl (C=O) groups excluding carboxylic acids is 6. The molecule has 0 saturated carbocycles. The number of nitrogens with one attached hydrogen (secondary N) is 6. The largest absolute Gasteiger partial charge is 0.394 e. The van der Waals surface area contributed by atoms with Gasteiger partial charge in [-0.1, -0.05) is 6.92 Å². The summed E-state index contributed by atoms with van der Waals surface area (Å²) in [4.78, 5) is 72.7. The number of carbonyl (C=O) groups is 6. The van der Waals surface area contributed by atoms with E-state index in [2.05, 4.69) is 31.9 Å². The lowest BCUT2D eigenvalue weighted by Gasteiger charge is -2.42. The average Bonchev–Trinajstić information content (AvgIpc) is 0.826. The van der Waals surface area contributed by atoms with Crippen molar-refractivity contribution in [3.63, 3.8) is 0 Å². The molecular formula is C58H110N6O30. The lowest BCUT2D eigenvalue weighted by atomic mass is 9.94. The second-order valence-corrected chi connectivity index (χ2v) is 21.9. The lowest BCUT2D eigenvalue weighted by Crippen LogP contribution is -2.64. The Bertz CT molecular complexity index is 1890. The molecule has 0 aliphatic carbocycles. The zero-order chi connectivity index (χ0) is 69.9. The van der Waals surface area contributed by atoms with Crippen molar-refractivity contribution in [1.82, 2.24) is 31.9 Å². The Hall–Kier alpha value is -4.14. The molecule has 1 saturated heterocycles. The summed E-state index contributed by atoms with van der Waals surface area (Å²) >= 11 is 0. The van der Waals surface area contributed by atoms with E-state index < -0.39 is 136 Å². The molecule has 6 amide bonds. The first-order chi connectivity index (χ1) is 45.0. The quantitative estimate of drug-likeness (QED) is 0.0199. The van der Waals surface area contributed by atoms with Gasteiger partial charge in [-0.05, 0) is 13.8 Å². The highest BCUT2D eigenvalue weighted by Crippen LogP contribution is 2.23. The van der Waals surface area contributed by atoms with Crippen molar-refractivity contribution in [3.8, 4) is 0 Å². The number of aliphatic hydroxyl groups is 9. The van der Waals surface area contributed by atoms with Gasteiger partial charge >= 0.3 is 0 Å². The molecule has 36 heteroatoms. The second kappa shape index (κ2) is 54.8. The predicted octanol–water partition coefficient (Wildman–Crippen LogP) is -7.18. The fourth-order valence-corrected chi connectivity index (χ4v) is 8.26. The van der Waals surface area contributed by atoms with E-state index >= 15 is 0 Å². The fraction of sp³-hybridized carbons (Fsp3) is 0.897. The van der Waals surface area contributed by atoms with Crippen LogP contribution in [0.5, 0.6) is 0 Å². The summed E-state index contributed by atoms with van der Waals surface area (Å²) in [6.07, 6.45) is -11.6. The Morgan fingerprint density at radius 3 is 1.13 bits per heavy atom. The Morgan fingerprint density at radius 1 is 0.457 bits per heavy atom. The van der Waals surface area contributed by atoms with E-state index in [1.807, 2.05) is 6.92 Å². The van der Waals surface area contributed by atoms with Crippen LogP contribution in [-0.4, -0.2) is 353 Å². The first kappa shape index (κ1) is 87.9. The van der Waals surface area contributed by atoms with Gasteiger partial charge in [-0.15, -0.1) is 0 Å². The smallest absolute Gasteiger partial charge is 0.222 e. The molecule has 15 N–H and O–H groups in total. The Morgan fingerprint density at radius 2 is 0.809 bits per heavy atom. The van der Waals surface area contributed by atoms with E-state index in [-0.39, 0.29) is 195 Å². The summed E-state index contributed by atoms with van der Waals surface area (Å²) in [7, 11) is 0. The van der Waals surface area contributed by atoms with Gasteiger partial charge in [0.1, 0.15) is 48.6 Å². The average molecular weight is 1370 g/mol. The molecule has 0 aromatic rings. The van der Waals surface area contributed by atoms with Crippen LogP contribution >= 0.6 is 0 Å². The van der Waals surface area contributed by atoms with E-state index in [9.17, 15) is 74.7 Å². The van der Waals surface area contributed by atoms with Crippen LogP contribution in [0.3, 0.4) is 0 Å². The third-order valence-corrected chi connectivity index (χ3v) is 13.3. The molecule has 36 nitrogen and oxygen atoms in total. The number of amides is 6. The topological polar surface area (TPSA) is 495 Å². The predicted molar refractivity (Wildman–Crippen MR) is 326 cm³/mol. The van der Waals surface area contributed by atoms with Crippen LogP contribution in [0.1, 0.15) is 60.8 Å². The summed E-state index contributed by atoms with van der Waals surface area (Å²) < 4.78 is 84.4. The molecule has 11 unspecified atom stereocenters. The molecular weight excluding hydrogens is 1260 g/mol. The summed E-state index contributed by atoms with van der Waals surface area (Å²) in [6.45, 7) is 8.61. The van der Waals surface area contributed by atoms with Crippen LogP contribution in [-0.2, 0) is 99.8 Å². The van der Waals surface area contributed by atoms with E-state index in [0.29, 0.717) is 0 Å². The number of hydrogen-bond donors (Lipinski definition) is 15. The Labute approximate surface area is 549 Å². The third kappa shape index (κ3) is 42.5. The molecule has 0 spiro atoms. The van der Waals surface area contributed by atoms with Gasteiger partial charge in [-0.25, -0.2) is 0 Å². The van der Waals surface area contributed by atoms with Gasteiger partial charge in [-0.2, -0.15) is 0 Å². The molecule has 0 aromatic heterocycles. The number of aliphatic hydroxyl groups excluding tert-OH is 9. The Kier molecular flexibility index (Phi) is 51.2. The second-order valence-electron chi connectivity index (χ2n) is 21.9. The van der Waals surface area contributed by atoms with Crippen molar-refractivity contribution in [2.75, 3.05) is 191 Å². The van der Waals surface area contributed by atoms with Crippen molar-refractivity contribution in [2.24, 2.45) is 5.41 Å². The summed E-state index contributed by atoms with van der Waals surface area (Å²) in [5.74, 6) is -2.25. The van der Waals surface area contributed by atoms with Crippen molar-refractivity contribution >= 4 is 35.4 Å². The van der Waals surface area contributed by atoms with Crippen LogP contribution < -0.4 is 31.9 Å². The minimum Gasteiger partial charge on any atom is -0.394 e. The maximum Gasteiger partial charge on any atom is 0.222 e. The molecule has 1 heterocycles.